The first-order valence-corrected chi connectivity index (χ1v) is 6.88. The largest absolute Gasteiger partial charge is 0.478 e. The minimum Gasteiger partial charge on any atom is -0.478 e. The Morgan fingerprint density at radius 1 is 1.24 bits per heavy atom. The summed E-state index contributed by atoms with van der Waals surface area (Å²) in [6, 6.07) is 8.69. The van der Waals surface area contributed by atoms with E-state index < -0.39 is 11.8 Å². The third-order valence-corrected chi connectivity index (χ3v) is 3.58. The number of hydrogen-bond acceptors (Lipinski definition) is 2. The maximum atomic E-state index is 13.4. The van der Waals surface area contributed by atoms with Gasteiger partial charge >= 0.3 is 5.97 Å². The number of carbonyl (C=O) groups is 1. The number of carboxylic acids is 1. The first-order chi connectivity index (χ1) is 9.88. The van der Waals surface area contributed by atoms with E-state index in [1.165, 1.54) is 12.1 Å². The lowest BCUT2D eigenvalue weighted by atomic mass is 10.1. The summed E-state index contributed by atoms with van der Waals surface area (Å²) in [4.78, 5) is 10.9. The second kappa shape index (κ2) is 6.33. The second-order valence-corrected chi connectivity index (χ2v) is 5.38. The van der Waals surface area contributed by atoms with E-state index in [1.807, 2.05) is 6.92 Å². The lowest BCUT2D eigenvalue weighted by molar-refractivity contribution is 0.0692. The predicted octanol–water partition coefficient (Wildman–Crippen LogP) is 5.00. The van der Waals surface area contributed by atoms with E-state index in [-0.39, 0.29) is 11.6 Å². The van der Waals surface area contributed by atoms with Crippen LogP contribution in [-0.2, 0) is 0 Å². The van der Waals surface area contributed by atoms with E-state index >= 15 is 0 Å². The predicted molar refractivity (Wildman–Crippen MR) is 81.9 cm³/mol. The van der Waals surface area contributed by atoms with Crippen LogP contribution in [0.15, 0.2) is 36.4 Å². The van der Waals surface area contributed by atoms with Gasteiger partial charge in [0.05, 0.1) is 11.6 Å². The fraction of sp³-hybridized carbons (Fsp3) is 0.133. The molecular weight excluding hydrogens is 316 g/mol. The summed E-state index contributed by atoms with van der Waals surface area (Å²) in [6.45, 7) is 1.85. The van der Waals surface area contributed by atoms with Crippen LogP contribution in [0.4, 0.5) is 10.1 Å². The summed E-state index contributed by atoms with van der Waals surface area (Å²) in [5.74, 6) is -2.09. The summed E-state index contributed by atoms with van der Waals surface area (Å²) in [5.41, 5.74) is 0.868. The summed E-state index contributed by atoms with van der Waals surface area (Å²) >= 11 is 12.0. The summed E-state index contributed by atoms with van der Waals surface area (Å²) in [5, 5.41) is 13.1. The van der Waals surface area contributed by atoms with Crippen molar-refractivity contribution in [2.24, 2.45) is 0 Å². The highest BCUT2D eigenvalue weighted by Crippen LogP contribution is 2.29. The van der Waals surface area contributed by atoms with Crippen molar-refractivity contribution in [3.05, 3.63) is 63.4 Å². The van der Waals surface area contributed by atoms with Gasteiger partial charge in [-0.15, -0.1) is 0 Å². The highest BCUT2D eigenvalue weighted by Gasteiger charge is 2.14. The van der Waals surface area contributed by atoms with Crippen molar-refractivity contribution >= 4 is 34.9 Å². The summed E-state index contributed by atoms with van der Waals surface area (Å²) in [7, 11) is 0. The Hall–Kier alpha value is -1.78. The van der Waals surface area contributed by atoms with E-state index in [4.69, 9.17) is 28.3 Å². The average Bonchev–Trinajstić information content (AvgIpc) is 2.43. The lowest BCUT2D eigenvalue weighted by Crippen LogP contribution is -2.09. The second-order valence-electron chi connectivity index (χ2n) is 4.53. The number of halogens is 3. The Balaban J connectivity index is 2.27. The molecule has 0 bridgehead atoms. The molecule has 0 aromatic heterocycles. The van der Waals surface area contributed by atoms with Crippen molar-refractivity contribution in [3.8, 4) is 0 Å². The Kier molecular flexibility index (Phi) is 4.70. The van der Waals surface area contributed by atoms with Gasteiger partial charge in [0, 0.05) is 15.7 Å². The van der Waals surface area contributed by atoms with Crippen LogP contribution in [0, 0.1) is 5.82 Å². The molecule has 1 unspecified atom stereocenters. The fourth-order valence-corrected chi connectivity index (χ4v) is 2.41. The molecule has 3 nitrogen and oxygen atoms in total. The molecule has 0 amide bonds. The summed E-state index contributed by atoms with van der Waals surface area (Å²) < 4.78 is 13.4. The van der Waals surface area contributed by atoms with Gasteiger partial charge in [0.2, 0.25) is 0 Å². The van der Waals surface area contributed by atoms with E-state index in [9.17, 15) is 9.18 Å². The molecule has 0 aliphatic heterocycles. The standard InChI is InChI=1S/C15H12Cl2FNO2/c1-8(11-6-9(16)2-4-13(11)17)19-10-3-5-14(18)12(7-10)15(20)21/h2-8,19H,1H3,(H,20,21). The molecular formula is C15H12Cl2FNO2. The average molecular weight is 328 g/mol. The van der Waals surface area contributed by atoms with Gasteiger partial charge < -0.3 is 10.4 Å². The van der Waals surface area contributed by atoms with Crippen LogP contribution in [0.5, 0.6) is 0 Å². The van der Waals surface area contributed by atoms with Gasteiger partial charge in [-0.3, -0.25) is 0 Å². The van der Waals surface area contributed by atoms with Crippen LogP contribution >= 0.6 is 23.2 Å². The molecule has 110 valence electrons. The van der Waals surface area contributed by atoms with Gasteiger partial charge in [-0.1, -0.05) is 23.2 Å². The minimum atomic E-state index is -1.32. The van der Waals surface area contributed by atoms with Crippen molar-refractivity contribution in [2.45, 2.75) is 13.0 Å². The van der Waals surface area contributed by atoms with Crippen molar-refractivity contribution in [3.63, 3.8) is 0 Å². The molecule has 0 saturated heterocycles. The van der Waals surface area contributed by atoms with Crippen molar-refractivity contribution < 1.29 is 14.3 Å². The molecule has 1 atom stereocenters. The molecule has 0 saturated carbocycles. The SMILES string of the molecule is CC(Nc1ccc(F)c(C(=O)O)c1)c1cc(Cl)ccc1Cl. The van der Waals surface area contributed by atoms with Crippen LogP contribution in [0.2, 0.25) is 10.0 Å². The molecule has 2 aromatic rings. The smallest absolute Gasteiger partial charge is 0.338 e. The van der Waals surface area contributed by atoms with Crippen LogP contribution in [0.3, 0.4) is 0 Å². The van der Waals surface area contributed by atoms with Gasteiger partial charge in [-0.2, -0.15) is 0 Å². The van der Waals surface area contributed by atoms with Crippen LogP contribution in [-0.4, -0.2) is 11.1 Å². The Morgan fingerprint density at radius 2 is 1.95 bits per heavy atom. The van der Waals surface area contributed by atoms with Crippen molar-refractivity contribution in [1.29, 1.82) is 0 Å². The zero-order valence-corrected chi connectivity index (χ0v) is 12.5. The fourth-order valence-electron chi connectivity index (χ4n) is 1.95. The number of rotatable bonds is 4. The number of anilines is 1. The molecule has 6 heteroatoms. The molecule has 21 heavy (non-hydrogen) atoms. The zero-order valence-electron chi connectivity index (χ0n) is 11.0. The molecule has 2 N–H and O–H groups in total. The Bertz CT molecular complexity index is 691. The molecule has 0 spiro atoms. The van der Waals surface area contributed by atoms with Crippen molar-refractivity contribution in [2.75, 3.05) is 5.32 Å². The van der Waals surface area contributed by atoms with Gasteiger partial charge in [0.25, 0.3) is 0 Å². The number of benzene rings is 2. The van der Waals surface area contributed by atoms with E-state index in [0.29, 0.717) is 15.7 Å². The Labute approximate surface area is 131 Å². The molecule has 2 rings (SSSR count). The third-order valence-electron chi connectivity index (χ3n) is 3.00. The van der Waals surface area contributed by atoms with Gasteiger partial charge in [-0.05, 0) is 48.9 Å². The molecule has 0 heterocycles. The Morgan fingerprint density at radius 3 is 2.62 bits per heavy atom. The first kappa shape index (κ1) is 15.6. The minimum absolute atomic E-state index is 0.219. The number of aromatic carboxylic acids is 1. The normalized spacial score (nSPS) is 12.0. The molecule has 2 aromatic carbocycles. The quantitative estimate of drug-likeness (QED) is 0.830. The van der Waals surface area contributed by atoms with Crippen molar-refractivity contribution in [1.82, 2.24) is 0 Å². The van der Waals surface area contributed by atoms with Crippen LogP contribution < -0.4 is 5.32 Å². The summed E-state index contributed by atoms with van der Waals surface area (Å²) in [6.07, 6.45) is 0. The molecule has 0 aliphatic rings. The highest BCUT2D eigenvalue weighted by molar-refractivity contribution is 6.33. The zero-order chi connectivity index (χ0) is 15.6. The maximum absolute atomic E-state index is 13.4. The van der Waals surface area contributed by atoms with E-state index in [0.717, 1.165) is 11.6 Å². The monoisotopic (exact) mass is 327 g/mol. The van der Waals surface area contributed by atoms with Gasteiger partial charge in [0.1, 0.15) is 5.82 Å². The van der Waals surface area contributed by atoms with Crippen LogP contribution in [0.1, 0.15) is 28.9 Å². The maximum Gasteiger partial charge on any atom is 0.338 e. The first-order valence-electron chi connectivity index (χ1n) is 6.13. The lowest BCUT2D eigenvalue weighted by Gasteiger charge is -2.17. The third kappa shape index (κ3) is 3.65. The molecule has 0 radical (unpaired) electrons. The number of hydrogen-bond donors (Lipinski definition) is 2. The number of carboxylic acid groups (broad SMARTS) is 1. The molecule has 0 fully saturated rings. The topological polar surface area (TPSA) is 49.3 Å². The van der Waals surface area contributed by atoms with Crippen LogP contribution in [0.25, 0.3) is 0 Å². The van der Waals surface area contributed by atoms with Gasteiger partial charge in [-0.25, -0.2) is 9.18 Å². The highest BCUT2D eigenvalue weighted by atomic mass is 35.5. The van der Waals surface area contributed by atoms with E-state index in [2.05, 4.69) is 5.32 Å². The van der Waals surface area contributed by atoms with E-state index in [1.54, 1.807) is 18.2 Å². The number of nitrogens with one attached hydrogen (secondary N) is 1. The van der Waals surface area contributed by atoms with Gasteiger partial charge in [0.15, 0.2) is 0 Å². The molecule has 0 aliphatic carbocycles.